The lowest BCUT2D eigenvalue weighted by Gasteiger charge is -2.38. The number of aromatic hydroxyl groups is 1. The number of carbonyl (C=O) groups is 1. The number of phenolic OH excluding ortho intramolecular Hbond substituents is 1. The molecule has 0 unspecified atom stereocenters. The summed E-state index contributed by atoms with van der Waals surface area (Å²) < 4.78 is 24.9. The number of amides is 1. The number of anilines is 1. The molecule has 7 heteroatoms. The molecule has 0 radical (unpaired) electrons. The molecule has 0 aliphatic carbocycles. The Morgan fingerprint density at radius 1 is 1.22 bits per heavy atom. The van der Waals surface area contributed by atoms with E-state index in [1.54, 1.807) is 42.2 Å². The van der Waals surface area contributed by atoms with E-state index in [4.69, 9.17) is 9.15 Å². The van der Waals surface area contributed by atoms with Crippen LogP contribution in [0.5, 0.6) is 11.5 Å². The van der Waals surface area contributed by atoms with Gasteiger partial charge in [0.2, 0.25) is 0 Å². The number of piperidine rings is 1. The van der Waals surface area contributed by atoms with Gasteiger partial charge in [-0.15, -0.1) is 0 Å². The van der Waals surface area contributed by atoms with Gasteiger partial charge in [0.15, 0.2) is 17.3 Å². The maximum absolute atomic E-state index is 14.3. The van der Waals surface area contributed by atoms with Gasteiger partial charge < -0.3 is 19.2 Å². The van der Waals surface area contributed by atoms with Gasteiger partial charge in [0.05, 0.1) is 13.4 Å². The standard InChI is InChI=1S/C25H27FN2O4/c1-17-5-7-20(15-21(17)26)28(25(30)23-4-3-13-32-23)19-9-11-27(12-10-19)16-18-6-8-22(29)24(14-18)31-2/h3-8,13-15,19,29H,9-12,16H2,1-2H3. The van der Waals surface area contributed by atoms with Crippen LogP contribution in [-0.2, 0) is 6.54 Å². The van der Waals surface area contributed by atoms with E-state index in [0.29, 0.717) is 23.5 Å². The molecule has 0 bridgehead atoms. The highest BCUT2D eigenvalue weighted by Gasteiger charge is 2.31. The predicted molar refractivity (Wildman–Crippen MR) is 120 cm³/mol. The fourth-order valence-electron chi connectivity index (χ4n) is 4.16. The van der Waals surface area contributed by atoms with E-state index in [1.165, 1.54) is 19.4 Å². The minimum atomic E-state index is -0.335. The van der Waals surface area contributed by atoms with Crippen LogP contribution in [0, 0.1) is 12.7 Å². The lowest BCUT2D eigenvalue weighted by molar-refractivity contribution is 0.0931. The fraction of sp³-hybridized carbons (Fsp3) is 0.320. The Bertz CT molecular complexity index is 1080. The number of furan rings is 1. The first-order chi connectivity index (χ1) is 15.5. The van der Waals surface area contributed by atoms with Crippen molar-refractivity contribution in [2.75, 3.05) is 25.1 Å². The molecule has 1 aliphatic heterocycles. The molecular weight excluding hydrogens is 411 g/mol. The molecule has 3 aromatic rings. The maximum atomic E-state index is 14.3. The maximum Gasteiger partial charge on any atom is 0.294 e. The van der Waals surface area contributed by atoms with Gasteiger partial charge >= 0.3 is 0 Å². The Kier molecular flexibility index (Phi) is 6.46. The average Bonchev–Trinajstić information content (AvgIpc) is 3.34. The van der Waals surface area contributed by atoms with Crippen LogP contribution < -0.4 is 9.64 Å². The van der Waals surface area contributed by atoms with E-state index >= 15 is 0 Å². The van der Waals surface area contributed by atoms with E-state index < -0.39 is 0 Å². The number of ether oxygens (including phenoxy) is 1. The van der Waals surface area contributed by atoms with Crippen molar-refractivity contribution in [3.05, 3.63) is 77.5 Å². The molecular formula is C25H27FN2O4. The zero-order valence-corrected chi connectivity index (χ0v) is 18.3. The third-order valence-corrected chi connectivity index (χ3v) is 5.96. The van der Waals surface area contributed by atoms with E-state index in [9.17, 15) is 14.3 Å². The molecule has 6 nitrogen and oxygen atoms in total. The van der Waals surface area contributed by atoms with Gasteiger partial charge in [-0.2, -0.15) is 0 Å². The Balaban J connectivity index is 1.50. The summed E-state index contributed by atoms with van der Waals surface area (Å²) in [5.41, 5.74) is 2.12. The summed E-state index contributed by atoms with van der Waals surface area (Å²) in [5, 5.41) is 9.80. The van der Waals surface area contributed by atoms with Gasteiger partial charge in [-0.25, -0.2) is 4.39 Å². The smallest absolute Gasteiger partial charge is 0.294 e. The molecule has 1 fully saturated rings. The first kappa shape index (κ1) is 21.9. The Morgan fingerprint density at radius 2 is 2.00 bits per heavy atom. The highest BCUT2D eigenvalue weighted by atomic mass is 19.1. The number of halogens is 1. The average molecular weight is 438 g/mol. The summed E-state index contributed by atoms with van der Waals surface area (Å²) in [4.78, 5) is 17.2. The highest BCUT2D eigenvalue weighted by Crippen LogP contribution is 2.30. The molecule has 1 amide bonds. The van der Waals surface area contributed by atoms with Crippen LogP contribution in [0.3, 0.4) is 0 Å². The third-order valence-electron chi connectivity index (χ3n) is 5.96. The van der Waals surface area contributed by atoms with Crippen LogP contribution in [0.25, 0.3) is 0 Å². The second kappa shape index (κ2) is 9.44. The summed E-state index contributed by atoms with van der Waals surface area (Å²) in [6, 6.07) is 13.5. The number of phenols is 1. The predicted octanol–water partition coefficient (Wildman–Crippen LogP) is 4.75. The summed E-state index contributed by atoms with van der Waals surface area (Å²) in [7, 11) is 1.53. The minimum Gasteiger partial charge on any atom is -0.504 e. The molecule has 2 heterocycles. The Hall–Kier alpha value is -3.32. The van der Waals surface area contributed by atoms with Crippen LogP contribution in [-0.4, -0.2) is 42.2 Å². The fourth-order valence-corrected chi connectivity index (χ4v) is 4.16. The number of rotatable bonds is 6. The van der Waals surface area contributed by atoms with Gasteiger partial charge in [-0.3, -0.25) is 9.69 Å². The van der Waals surface area contributed by atoms with E-state index in [-0.39, 0.29) is 29.3 Å². The normalized spacial score (nSPS) is 15.0. The molecule has 168 valence electrons. The Morgan fingerprint density at radius 3 is 2.66 bits per heavy atom. The van der Waals surface area contributed by atoms with E-state index in [2.05, 4.69) is 4.90 Å². The van der Waals surface area contributed by atoms with Crippen molar-refractivity contribution in [2.24, 2.45) is 0 Å². The number of aryl methyl sites for hydroxylation is 1. The number of likely N-dealkylation sites (tertiary alicyclic amines) is 1. The number of methoxy groups -OCH3 is 1. The van der Waals surface area contributed by atoms with Crippen molar-refractivity contribution in [1.82, 2.24) is 4.90 Å². The first-order valence-corrected chi connectivity index (χ1v) is 10.7. The number of nitrogens with zero attached hydrogens (tertiary/aromatic N) is 2. The van der Waals surface area contributed by atoms with Gasteiger partial charge in [0, 0.05) is 31.4 Å². The summed E-state index contributed by atoms with van der Waals surface area (Å²) in [6.45, 7) is 3.98. The SMILES string of the molecule is COc1cc(CN2CCC(N(C(=O)c3ccco3)c3ccc(C)c(F)c3)CC2)ccc1O. The van der Waals surface area contributed by atoms with Gasteiger partial charge in [-0.05, 0) is 67.3 Å². The third kappa shape index (κ3) is 4.62. The molecule has 0 spiro atoms. The number of hydrogen-bond acceptors (Lipinski definition) is 5. The van der Waals surface area contributed by atoms with Crippen LogP contribution in [0.2, 0.25) is 0 Å². The quantitative estimate of drug-likeness (QED) is 0.602. The molecule has 2 aromatic carbocycles. The van der Waals surface area contributed by atoms with Gasteiger partial charge in [-0.1, -0.05) is 12.1 Å². The van der Waals surface area contributed by atoms with Crippen LogP contribution >= 0.6 is 0 Å². The summed E-state index contributed by atoms with van der Waals surface area (Å²) in [5.74, 6) is 0.212. The molecule has 0 saturated carbocycles. The molecule has 1 aromatic heterocycles. The van der Waals surface area contributed by atoms with Crippen LogP contribution in [0.15, 0.2) is 59.2 Å². The van der Waals surface area contributed by atoms with E-state index in [1.807, 2.05) is 12.1 Å². The molecule has 1 aliphatic rings. The lowest BCUT2D eigenvalue weighted by atomic mass is 10.0. The van der Waals surface area contributed by atoms with Crippen molar-refractivity contribution in [3.8, 4) is 11.5 Å². The van der Waals surface area contributed by atoms with Crippen molar-refractivity contribution in [3.63, 3.8) is 0 Å². The molecule has 32 heavy (non-hydrogen) atoms. The van der Waals surface area contributed by atoms with Gasteiger partial charge in [0.1, 0.15) is 5.82 Å². The van der Waals surface area contributed by atoms with Crippen LogP contribution in [0.1, 0.15) is 34.5 Å². The topological polar surface area (TPSA) is 66.2 Å². The highest BCUT2D eigenvalue weighted by molar-refractivity contribution is 6.04. The zero-order valence-electron chi connectivity index (χ0n) is 18.3. The molecule has 1 N–H and O–H groups in total. The summed E-state index contributed by atoms with van der Waals surface area (Å²) >= 11 is 0. The van der Waals surface area contributed by atoms with Crippen molar-refractivity contribution >= 4 is 11.6 Å². The monoisotopic (exact) mass is 438 g/mol. The van der Waals surface area contributed by atoms with Crippen molar-refractivity contribution < 1.29 is 23.4 Å². The second-order valence-electron chi connectivity index (χ2n) is 8.10. The number of benzene rings is 2. The lowest BCUT2D eigenvalue weighted by Crippen LogP contribution is -2.47. The minimum absolute atomic E-state index is 0.0692. The number of hydrogen-bond donors (Lipinski definition) is 1. The summed E-state index contributed by atoms with van der Waals surface area (Å²) in [6.07, 6.45) is 2.96. The largest absolute Gasteiger partial charge is 0.504 e. The van der Waals surface area contributed by atoms with Crippen LogP contribution in [0.4, 0.5) is 10.1 Å². The molecule has 0 atom stereocenters. The molecule has 1 saturated heterocycles. The van der Waals surface area contributed by atoms with E-state index in [0.717, 1.165) is 31.5 Å². The molecule has 4 rings (SSSR count). The van der Waals surface area contributed by atoms with Gasteiger partial charge in [0.25, 0.3) is 5.91 Å². The number of carbonyl (C=O) groups excluding carboxylic acids is 1. The second-order valence-corrected chi connectivity index (χ2v) is 8.10. The van der Waals surface area contributed by atoms with Crippen molar-refractivity contribution in [1.29, 1.82) is 0 Å². The van der Waals surface area contributed by atoms with Crippen molar-refractivity contribution in [2.45, 2.75) is 32.4 Å². The Labute approximate surface area is 186 Å². The zero-order chi connectivity index (χ0) is 22.7. The first-order valence-electron chi connectivity index (χ1n) is 10.7.